The fourth-order valence-corrected chi connectivity index (χ4v) is 3.29. The highest BCUT2D eigenvalue weighted by molar-refractivity contribution is 6.30. The molecule has 2 unspecified atom stereocenters. The van der Waals surface area contributed by atoms with Crippen LogP contribution >= 0.6 is 11.6 Å². The fraction of sp³-hybridized carbons (Fsp3) is 0.500. The third-order valence-electron chi connectivity index (χ3n) is 4.93. The molecule has 4 amide bonds. The SMILES string of the molecule is CC1(CC(NC(=O)C2CNC(=O)NC(=O)C2)c2cccc(Cl)c2)CC1. The van der Waals surface area contributed by atoms with E-state index in [1.165, 1.54) is 0 Å². The molecule has 1 aliphatic heterocycles. The molecule has 1 saturated heterocycles. The number of hydrogen-bond donors (Lipinski definition) is 3. The molecule has 25 heavy (non-hydrogen) atoms. The minimum atomic E-state index is -0.583. The highest BCUT2D eigenvalue weighted by Gasteiger charge is 2.40. The summed E-state index contributed by atoms with van der Waals surface area (Å²) >= 11 is 6.10. The van der Waals surface area contributed by atoms with E-state index in [0.717, 1.165) is 24.8 Å². The zero-order valence-corrected chi connectivity index (χ0v) is 14.9. The number of imide groups is 1. The van der Waals surface area contributed by atoms with Crippen molar-refractivity contribution in [3.05, 3.63) is 34.9 Å². The van der Waals surface area contributed by atoms with Gasteiger partial charge in [0.25, 0.3) is 0 Å². The first-order chi connectivity index (χ1) is 11.8. The van der Waals surface area contributed by atoms with E-state index in [-0.39, 0.29) is 30.3 Å². The molecule has 0 bridgehead atoms. The van der Waals surface area contributed by atoms with Gasteiger partial charge in [0, 0.05) is 18.0 Å². The predicted octanol–water partition coefficient (Wildman–Crippen LogP) is 2.53. The molecule has 2 atom stereocenters. The van der Waals surface area contributed by atoms with Gasteiger partial charge in [-0.25, -0.2) is 4.79 Å². The van der Waals surface area contributed by atoms with Gasteiger partial charge in [-0.3, -0.25) is 14.9 Å². The normalized spacial score (nSPS) is 23.0. The van der Waals surface area contributed by atoms with Gasteiger partial charge in [0.05, 0.1) is 12.0 Å². The summed E-state index contributed by atoms with van der Waals surface area (Å²) in [6, 6.07) is 6.75. The lowest BCUT2D eigenvalue weighted by Gasteiger charge is -2.25. The highest BCUT2D eigenvalue weighted by atomic mass is 35.5. The van der Waals surface area contributed by atoms with Crippen LogP contribution in [-0.2, 0) is 9.59 Å². The Bertz CT molecular complexity index is 703. The van der Waals surface area contributed by atoms with Gasteiger partial charge in [0.1, 0.15) is 0 Å². The fourth-order valence-electron chi connectivity index (χ4n) is 3.09. The van der Waals surface area contributed by atoms with Crippen LogP contribution in [0.15, 0.2) is 24.3 Å². The third-order valence-corrected chi connectivity index (χ3v) is 5.17. The van der Waals surface area contributed by atoms with Crippen molar-refractivity contribution in [3.63, 3.8) is 0 Å². The summed E-state index contributed by atoms with van der Waals surface area (Å²) < 4.78 is 0. The average Bonchev–Trinajstić information content (AvgIpc) is 3.30. The molecule has 3 rings (SSSR count). The third kappa shape index (κ3) is 4.72. The highest BCUT2D eigenvalue weighted by Crippen LogP contribution is 2.51. The molecule has 1 aromatic carbocycles. The monoisotopic (exact) mass is 363 g/mol. The van der Waals surface area contributed by atoms with Crippen LogP contribution in [-0.4, -0.2) is 24.4 Å². The molecular weight excluding hydrogens is 342 g/mol. The van der Waals surface area contributed by atoms with E-state index in [9.17, 15) is 14.4 Å². The van der Waals surface area contributed by atoms with Crippen molar-refractivity contribution in [2.24, 2.45) is 11.3 Å². The van der Waals surface area contributed by atoms with Crippen molar-refractivity contribution >= 4 is 29.4 Å². The molecule has 6 nitrogen and oxygen atoms in total. The largest absolute Gasteiger partial charge is 0.349 e. The second-order valence-electron chi connectivity index (χ2n) is 7.29. The number of urea groups is 1. The van der Waals surface area contributed by atoms with Crippen LogP contribution in [0, 0.1) is 11.3 Å². The van der Waals surface area contributed by atoms with Crippen LogP contribution in [0.1, 0.15) is 44.2 Å². The summed E-state index contributed by atoms with van der Waals surface area (Å²) in [5.41, 5.74) is 1.19. The smallest absolute Gasteiger partial charge is 0.321 e. The maximum atomic E-state index is 12.7. The topological polar surface area (TPSA) is 87.3 Å². The minimum Gasteiger partial charge on any atom is -0.349 e. The summed E-state index contributed by atoms with van der Waals surface area (Å²) in [5, 5.41) is 8.40. The van der Waals surface area contributed by atoms with Crippen LogP contribution in [0.4, 0.5) is 4.79 Å². The number of hydrogen-bond acceptors (Lipinski definition) is 3. The van der Waals surface area contributed by atoms with Crippen LogP contribution in [0.5, 0.6) is 0 Å². The average molecular weight is 364 g/mol. The maximum Gasteiger partial charge on any atom is 0.321 e. The molecule has 2 aliphatic rings. The zero-order chi connectivity index (χ0) is 18.0. The Morgan fingerprint density at radius 3 is 2.84 bits per heavy atom. The lowest BCUT2D eigenvalue weighted by Crippen LogP contribution is -2.39. The first-order valence-electron chi connectivity index (χ1n) is 8.48. The van der Waals surface area contributed by atoms with Crippen LogP contribution < -0.4 is 16.0 Å². The molecule has 1 aromatic rings. The second kappa shape index (κ2) is 7.04. The van der Waals surface area contributed by atoms with Gasteiger partial charge in [0.2, 0.25) is 11.8 Å². The van der Waals surface area contributed by atoms with E-state index in [4.69, 9.17) is 11.6 Å². The summed E-state index contributed by atoms with van der Waals surface area (Å²) in [6.07, 6.45) is 3.10. The molecule has 0 spiro atoms. The van der Waals surface area contributed by atoms with Crippen molar-refractivity contribution in [1.29, 1.82) is 0 Å². The van der Waals surface area contributed by atoms with Crippen LogP contribution in [0.3, 0.4) is 0 Å². The number of carbonyl (C=O) groups excluding carboxylic acids is 3. The molecule has 0 radical (unpaired) electrons. The standard InChI is InChI=1S/C18H22ClN3O3/c1-18(5-6-18)9-14(11-3-2-4-13(19)7-11)21-16(24)12-8-15(23)22-17(25)20-10-12/h2-4,7,12,14H,5-6,8-10H2,1H3,(H,21,24)(H2,20,22,23,25). The number of nitrogens with one attached hydrogen (secondary N) is 3. The molecular formula is C18H22ClN3O3. The van der Waals surface area contributed by atoms with Gasteiger partial charge in [-0.2, -0.15) is 0 Å². The summed E-state index contributed by atoms with van der Waals surface area (Å²) in [5.74, 6) is -1.25. The Morgan fingerprint density at radius 1 is 1.40 bits per heavy atom. The Morgan fingerprint density at radius 2 is 2.16 bits per heavy atom. The van der Waals surface area contributed by atoms with Crippen molar-refractivity contribution in [2.75, 3.05) is 6.54 Å². The lowest BCUT2D eigenvalue weighted by molar-refractivity contribution is -0.129. The molecule has 1 heterocycles. The van der Waals surface area contributed by atoms with Crippen molar-refractivity contribution in [1.82, 2.24) is 16.0 Å². The number of carbonyl (C=O) groups is 3. The summed E-state index contributed by atoms with van der Waals surface area (Å²) in [7, 11) is 0. The molecule has 3 N–H and O–H groups in total. The number of amides is 4. The second-order valence-corrected chi connectivity index (χ2v) is 7.73. The van der Waals surface area contributed by atoms with E-state index in [0.29, 0.717) is 5.02 Å². The predicted molar refractivity (Wildman–Crippen MR) is 93.9 cm³/mol. The molecule has 2 fully saturated rings. The van der Waals surface area contributed by atoms with E-state index >= 15 is 0 Å². The number of benzene rings is 1. The van der Waals surface area contributed by atoms with E-state index in [1.807, 2.05) is 18.2 Å². The van der Waals surface area contributed by atoms with Crippen LogP contribution in [0.2, 0.25) is 5.02 Å². The zero-order valence-electron chi connectivity index (χ0n) is 14.1. The van der Waals surface area contributed by atoms with Gasteiger partial charge in [-0.1, -0.05) is 30.7 Å². The van der Waals surface area contributed by atoms with Crippen molar-refractivity contribution in [2.45, 2.75) is 38.6 Å². The molecule has 1 aliphatic carbocycles. The molecule has 1 saturated carbocycles. The summed E-state index contributed by atoms with van der Waals surface area (Å²) in [6.45, 7) is 2.35. The van der Waals surface area contributed by atoms with E-state index < -0.39 is 17.9 Å². The van der Waals surface area contributed by atoms with Gasteiger partial charge in [-0.05, 0) is 42.4 Å². The van der Waals surface area contributed by atoms with E-state index in [1.54, 1.807) is 6.07 Å². The summed E-state index contributed by atoms with van der Waals surface area (Å²) in [4.78, 5) is 35.7. The number of rotatable bonds is 5. The lowest BCUT2D eigenvalue weighted by atomic mass is 9.93. The van der Waals surface area contributed by atoms with Gasteiger partial charge in [0.15, 0.2) is 0 Å². The van der Waals surface area contributed by atoms with Gasteiger partial charge < -0.3 is 10.6 Å². The van der Waals surface area contributed by atoms with Crippen molar-refractivity contribution < 1.29 is 14.4 Å². The first kappa shape index (κ1) is 17.7. The first-order valence-corrected chi connectivity index (χ1v) is 8.86. The molecule has 0 aromatic heterocycles. The quantitative estimate of drug-likeness (QED) is 0.751. The maximum absolute atomic E-state index is 12.7. The Kier molecular flexibility index (Phi) is 4.99. The Labute approximate surface area is 151 Å². The molecule has 7 heteroatoms. The molecule has 134 valence electrons. The van der Waals surface area contributed by atoms with Crippen LogP contribution in [0.25, 0.3) is 0 Å². The van der Waals surface area contributed by atoms with E-state index in [2.05, 4.69) is 22.9 Å². The van der Waals surface area contributed by atoms with Crippen molar-refractivity contribution in [3.8, 4) is 0 Å². The Balaban J connectivity index is 1.73. The van der Waals surface area contributed by atoms with Gasteiger partial charge >= 0.3 is 6.03 Å². The number of halogens is 1. The van der Waals surface area contributed by atoms with Gasteiger partial charge in [-0.15, -0.1) is 0 Å². The Hall–Kier alpha value is -2.08. The minimum absolute atomic E-state index is 0.00981.